The molecule has 104 valence electrons. The number of ketones is 1. The average molecular weight is 415 g/mol. The van der Waals surface area contributed by atoms with E-state index >= 15 is 0 Å². The van der Waals surface area contributed by atoms with Gasteiger partial charge in [-0.1, -0.05) is 28.1 Å². The lowest BCUT2D eigenvalue weighted by Crippen LogP contribution is -1.99. The average Bonchev–Trinajstić information content (AvgIpc) is 2.46. The van der Waals surface area contributed by atoms with Crippen LogP contribution >= 0.6 is 43.6 Å². The van der Waals surface area contributed by atoms with Gasteiger partial charge >= 0.3 is 0 Å². The number of pyridine rings is 1. The van der Waals surface area contributed by atoms with Gasteiger partial charge in [-0.25, -0.2) is 4.98 Å². The molecule has 2 aromatic rings. The number of rotatable bonds is 6. The van der Waals surface area contributed by atoms with Crippen molar-refractivity contribution in [1.82, 2.24) is 4.98 Å². The van der Waals surface area contributed by atoms with Gasteiger partial charge in [-0.15, -0.1) is 11.8 Å². The SMILES string of the molecule is O=C(CCCSc1ncccc1Br)c1ccc(Br)cc1. The molecule has 1 heterocycles. The van der Waals surface area contributed by atoms with Crippen LogP contribution < -0.4 is 0 Å². The van der Waals surface area contributed by atoms with Crippen molar-refractivity contribution in [2.45, 2.75) is 17.9 Å². The summed E-state index contributed by atoms with van der Waals surface area (Å²) in [7, 11) is 0. The number of aromatic nitrogens is 1. The zero-order valence-corrected chi connectivity index (χ0v) is 14.7. The second kappa shape index (κ2) is 7.96. The van der Waals surface area contributed by atoms with Gasteiger partial charge in [-0.3, -0.25) is 4.79 Å². The predicted octanol–water partition coefficient (Wildman–Crippen LogP) is 5.36. The van der Waals surface area contributed by atoms with Gasteiger partial charge < -0.3 is 0 Å². The van der Waals surface area contributed by atoms with Crippen LogP contribution in [0.2, 0.25) is 0 Å². The van der Waals surface area contributed by atoms with Crippen LogP contribution in [0.4, 0.5) is 0 Å². The minimum absolute atomic E-state index is 0.193. The highest BCUT2D eigenvalue weighted by atomic mass is 79.9. The summed E-state index contributed by atoms with van der Waals surface area (Å²) in [6.07, 6.45) is 3.20. The minimum Gasteiger partial charge on any atom is -0.294 e. The Morgan fingerprint density at radius 3 is 2.60 bits per heavy atom. The van der Waals surface area contributed by atoms with Crippen molar-refractivity contribution in [3.05, 3.63) is 57.1 Å². The molecule has 0 radical (unpaired) electrons. The Kier molecular flexibility index (Phi) is 6.26. The zero-order chi connectivity index (χ0) is 14.4. The smallest absolute Gasteiger partial charge is 0.162 e. The predicted molar refractivity (Wildman–Crippen MR) is 90.4 cm³/mol. The summed E-state index contributed by atoms with van der Waals surface area (Å²) in [5.41, 5.74) is 0.775. The molecule has 0 aliphatic rings. The number of halogens is 2. The van der Waals surface area contributed by atoms with Gasteiger partial charge in [0.25, 0.3) is 0 Å². The third-order valence-corrected chi connectivity index (χ3v) is 5.20. The van der Waals surface area contributed by atoms with Crippen LogP contribution in [-0.4, -0.2) is 16.5 Å². The summed E-state index contributed by atoms with van der Waals surface area (Å²) in [5, 5.41) is 0.976. The molecule has 0 fully saturated rings. The molecule has 0 bridgehead atoms. The number of benzene rings is 1. The second-order valence-electron chi connectivity index (χ2n) is 4.17. The quantitative estimate of drug-likeness (QED) is 0.362. The first-order chi connectivity index (χ1) is 9.66. The standard InChI is InChI=1S/C15H13Br2NOS/c16-12-7-5-11(6-8-12)14(19)4-2-10-20-15-13(17)3-1-9-18-15/h1,3,5-9H,2,4,10H2. The lowest BCUT2D eigenvalue weighted by atomic mass is 10.1. The third-order valence-electron chi connectivity index (χ3n) is 2.68. The molecule has 1 aromatic carbocycles. The van der Waals surface area contributed by atoms with E-state index in [0.29, 0.717) is 6.42 Å². The summed E-state index contributed by atoms with van der Waals surface area (Å²) in [5.74, 6) is 1.08. The number of carbonyl (C=O) groups is 1. The third kappa shape index (κ3) is 4.72. The van der Waals surface area contributed by atoms with Crippen molar-refractivity contribution >= 4 is 49.4 Å². The molecule has 2 rings (SSSR count). The Morgan fingerprint density at radius 2 is 1.90 bits per heavy atom. The molecule has 0 spiro atoms. The van der Waals surface area contributed by atoms with E-state index in [2.05, 4.69) is 36.8 Å². The molecule has 0 saturated heterocycles. The summed E-state index contributed by atoms with van der Waals surface area (Å²) in [6.45, 7) is 0. The second-order valence-corrected chi connectivity index (χ2v) is 7.03. The zero-order valence-electron chi connectivity index (χ0n) is 10.7. The molecular weight excluding hydrogens is 402 g/mol. The van der Waals surface area contributed by atoms with Crippen molar-refractivity contribution in [2.75, 3.05) is 5.75 Å². The molecule has 2 nitrogen and oxygen atoms in total. The van der Waals surface area contributed by atoms with E-state index in [1.807, 2.05) is 36.4 Å². The van der Waals surface area contributed by atoms with E-state index in [4.69, 9.17) is 0 Å². The molecule has 0 amide bonds. The van der Waals surface area contributed by atoms with Crippen molar-refractivity contribution < 1.29 is 4.79 Å². The summed E-state index contributed by atoms with van der Waals surface area (Å²) in [4.78, 5) is 16.3. The van der Waals surface area contributed by atoms with E-state index in [1.165, 1.54) is 0 Å². The highest BCUT2D eigenvalue weighted by Crippen LogP contribution is 2.25. The van der Waals surface area contributed by atoms with Crippen LogP contribution in [0.15, 0.2) is 56.6 Å². The molecular formula is C15H13Br2NOS. The molecule has 0 saturated carbocycles. The molecule has 0 N–H and O–H groups in total. The molecule has 1 aromatic heterocycles. The van der Waals surface area contributed by atoms with Gasteiger partial charge in [0.1, 0.15) is 5.03 Å². The molecule has 5 heteroatoms. The Hall–Kier alpha value is -0.650. The maximum atomic E-state index is 12.0. The van der Waals surface area contributed by atoms with Crippen LogP contribution in [0.3, 0.4) is 0 Å². The molecule has 0 atom stereocenters. The van der Waals surface area contributed by atoms with Crippen molar-refractivity contribution in [3.8, 4) is 0 Å². The fraction of sp³-hybridized carbons (Fsp3) is 0.200. The van der Waals surface area contributed by atoms with Gasteiger partial charge in [0, 0.05) is 27.1 Å². The van der Waals surface area contributed by atoms with E-state index < -0.39 is 0 Å². The number of thioether (sulfide) groups is 1. The van der Waals surface area contributed by atoms with E-state index in [0.717, 1.165) is 31.7 Å². The maximum absolute atomic E-state index is 12.0. The topological polar surface area (TPSA) is 30.0 Å². The Labute approximate surface area is 139 Å². The first kappa shape index (κ1) is 15.7. The van der Waals surface area contributed by atoms with Crippen LogP contribution in [0.1, 0.15) is 23.2 Å². The number of nitrogens with zero attached hydrogens (tertiary/aromatic N) is 1. The van der Waals surface area contributed by atoms with Crippen LogP contribution in [-0.2, 0) is 0 Å². The number of hydrogen-bond acceptors (Lipinski definition) is 3. The van der Waals surface area contributed by atoms with Gasteiger partial charge in [-0.05, 0) is 52.4 Å². The monoisotopic (exact) mass is 413 g/mol. The van der Waals surface area contributed by atoms with Crippen LogP contribution in [0, 0.1) is 0 Å². The summed E-state index contributed by atoms with van der Waals surface area (Å²) in [6, 6.07) is 11.4. The highest BCUT2D eigenvalue weighted by Gasteiger charge is 2.06. The van der Waals surface area contributed by atoms with Crippen LogP contribution in [0.5, 0.6) is 0 Å². The fourth-order valence-electron chi connectivity index (χ4n) is 1.66. The Bertz CT molecular complexity index is 587. The summed E-state index contributed by atoms with van der Waals surface area (Å²) >= 11 is 8.50. The normalized spacial score (nSPS) is 10.5. The lowest BCUT2D eigenvalue weighted by molar-refractivity contribution is 0.0982. The number of carbonyl (C=O) groups excluding carboxylic acids is 1. The van der Waals surface area contributed by atoms with Crippen molar-refractivity contribution in [3.63, 3.8) is 0 Å². The molecule has 20 heavy (non-hydrogen) atoms. The first-order valence-electron chi connectivity index (χ1n) is 6.19. The highest BCUT2D eigenvalue weighted by molar-refractivity contribution is 9.10. The van der Waals surface area contributed by atoms with Gasteiger partial charge in [0.2, 0.25) is 0 Å². The Morgan fingerprint density at radius 1 is 1.15 bits per heavy atom. The first-order valence-corrected chi connectivity index (χ1v) is 8.76. The van der Waals surface area contributed by atoms with E-state index in [1.54, 1.807) is 18.0 Å². The minimum atomic E-state index is 0.193. The van der Waals surface area contributed by atoms with Gasteiger partial charge in [0.15, 0.2) is 5.78 Å². The van der Waals surface area contributed by atoms with Crippen LogP contribution in [0.25, 0.3) is 0 Å². The Balaban J connectivity index is 1.77. The largest absolute Gasteiger partial charge is 0.294 e. The number of hydrogen-bond donors (Lipinski definition) is 0. The fourth-order valence-corrected chi connectivity index (χ4v) is 3.35. The molecule has 0 aliphatic heterocycles. The van der Waals surface area contributed by atoms with Gasteiger partial charge in [0.05, 0.1) is 0 Å². The lowest BCUT2D eigenvalue weighted by Gasteiger charge is -2.03. The maximum Gasteiger partial charge on any atom is 0.162 e. The van der Waals surface area contributed by atoms with Gasteiger partial charge in [-0.2, -0.15) is 0 Å². The molecule has 0 aliphatic carbocycles. The number of Topliss-reactive ketones (excluding diaryl/α,β-unsaturated/α-hetero) is 1. The molecule has 0 unspecified atom stereocenters. The van der Waals surface area contributed by atoms with E-state index in [9.17, 15) is 4.79 Å². The van der Waals surface area contributed by atoms with Crippen molar-refractivity contribution in [2.24, 2.45) is 0 Å². The van der Waals surface area contributed by atoms with E-state index in [-0.39, 0.29) is 5.78 Å². The summed E-state index contributed by atoms with van der Waals surface area (Å²) < 4.78 is 1.99. The van der Waals surface area contributed by atoms with Crippen molar-refractivity contribution in [1.29, 1.82) is 0 Å².